The van der Waals surface area contributed by atoms with Crippen molar-refractivity contribution in [3.63, 3.8) is 0 Å². The van der Waals surface area contributed by atoms with Crippen LogP contribution in [0.1, 0.15) is 21.5 Å². The van der Waals surface area contributed by atoms with Crippen LogP contribution in [0.3, 0.4) is 0 Å². The largest absolute Gasteiger partial charge is 0.394 e. The monoisotopic (exact) mass is 303 g/mol. The summed E-state index contributed by atoms with van der Waals surface area (Å²) in [6.07, 6.45) is 0.586. The SMILES string of the molecule is Cc1cc(Cl)cc(C(=O)N[C@@H](CO)Cc2ccccc2)c1. The lowest BCUT2D eigenvalue weighted by molar-refractivity contribution is 0.0916. The third-order valence-corrected chi connectivity index (χ3v) is 3.40. The van der Waals surface area contributed by atoms with Crippen molar-refractivity contribution >= 4 is 17.5 Å². The van der Waals surface area contributed by atoms with Gasteiger partial charge in [-0.3, -0.25) is 4.79 Å². The molecule has 2 N–H and O–H groups in total. The molecule has 0 aliphatic rings. The Balaban J connectivity index is 2.05. The van der Waals surface area contributed by atoms with Gasteiger partial charge in [-0.1, -0.05) is 41.9 Å². The van der Waals surface area contributed by atoms with Crippen molar-refractivity contribution in [3.8, 4) is 0 Å². The van der Waals surface area contributed by atoms with Crippen LogP contribution in [0.4, 0.5) is 0 Å². The van der Waals surface area contributed by atoms with Gasteiger partial charge in [-0.05, 0) is 42.7 Å². The average Bonchev–Trinajstić information content (AvgIpc) is 2.46. The summed E-state index contributed by atoms with van der Waals surface area (Å²) in [6.45, 7) is 1.77. The first-order valence-electron chi connectivity index (χ1n) is 6.81. The lowest BCUT2D eigenvalue weighted by atomic mass is 10.1. The molecular weight excluding hydrogens is 286 g/mol. The van der Waals surface area contributed by atoms with Crippen LogP contribution in [0.2, 0.25) is 5.02 Å². The molecule has 1 atom stereocenters. The van der Waals surface area contributed by atoms with E-state index in [4.69, 9.17) is 11.6 Å². The van der Waals surface area contributed by atoms with E-state index in [0.717, 1.165) is 11.1 Å². The molecule has 0 radical (unpaired) electrons. The Labute approximate surface area is 129 Å². The summed E-state index contributed by atoms with van der Waals surface area (Å²) in [5, 5.41) is 12.8. The zero-order valence-electron chi connectivity index (χ0n) is 11.8. The number of carbonyl (C=O) groups is 1. The number of hydrogen-bond donors (Lipinski definition) is 2. The number of hydrogen-bond acceptors (Lipinski definition) is 2. The zero-order chi connectivity index (χ0) is 15.2. The molecule has 0 spiro atoms. The third-order valence-electron chi connectivity index (χ3n) is 3.18. The van der Waals surface area contributed by atoms with Gasteiger partial charge in [-0.15, -0.1) is 0 Å². The molecule has 0 heterocycles. The van der Waals surface area contributed by atoms with Crippen molar-refractivity contribution in [2.45, 2.75) is 19.4 Å². The van der Waals surface area contributed by atoms with E-state index in [9.17, 15) is 9.90 Å². The molecule has 0 aromatic heterocycles. The number of benzene rings is 2. The molecule has 0 saturated heterocycles. The number of rotatable bonds is 5. The smallest absolute Gasteiger partial charge is 0.251 e. The van der Waals surface area contributed by atoms with Crippen LogP contribution in [0.5, 0.6) is 0 Å². The van der Waals surface area contributed by atoms with Crippen molar-refractivity contribution < 1.29 is 9.90 Å². The fourth-order valence-electron chi connectivity index (χ4n) is 2.20. The van der Waals surface area contributed by atoms with Crippen LogP contribution in [-0.4, -0.2) is 23.7 Å². The molecule has 110 valence electrons. The number of nitrogens with one attached hydrogen (secondary N) is 1. The Morgan fingerprint density at radius 2 is 1.95 bits per heavy atom. The molecule has 2 aromatic carbocycles. The number of amides is 1. The Bertz CT molecular complexity index is 593. The van der Waals surface area contributed by atoms with E-state index >= 15 is 0 Å². The lowest BCUT2D eigenvalue weighted by Gasteiger charge is -2.16. The fraction of sp³-hybridized carbons (Fsp3) is 0.235. The highest BCUT2D eigenvalue weighted by Crippen LogP contribution is 2.15. The first-order valence-corrected chi connectivity index (χ1v) is 7.19. The van der Waals surface area contributed by atoms with Crippen LogP contribution in [-0.2, 0) is 6.42 Å². The van der Waals surface area contributed by atoms with Gasteiger partial charge in [0.2, 0.25) is 0 Å². The van der Waals surface area contributed by atoms with Gasteiger partial charge in [0.25, 0.3) is 5.91 Å². The minimum atomic E-state index is -0.320. The molecule has 0 aliphatic carbocycles. The van der Waals surface area contributed by atoms with E-state index in [-0.39, 0.29) is 18.6 Å². The minimum absolute atomic E-state index is 0.111. The van der Waals surface area contributed by atoms with Gasteiger partial charge in [0.1, 0.15) is 0 Å². The predicted octanol–water partition coefficient (Wildman–Crippen LogP) is 2.98. The van der Waals surface area contributed by atoms with Gasteiger partial charge < -0.3 is 10.4 Å². The van der Waals surface area contributed by atoms with Crippen molar-refractivity contribution in [2.75, 3.05) is 6.61 Å². The summed E-state index contributed by atoms with van der Waals surface area (Å²) in [5.74, 6) is -0.226. The van der Waals surface area contributed by atoms with Crippen LogP contribution in [0.15, 0.2) is 48.5 Å². The molecule has 4 heteroatoms. The standard InChI is InChI=1S/C17H18ClNO2/c1-12-7-14(10-15(18)8-12)17(21)19-16(11-20)9-13-5-3-2-4-6-13/h2-8,10,16,20H,9,11H2,1H3,(H,19,21)/t16-/m1/s1. The molecular formula is C17H18ClNO2. The molecule has 21 heavy (non-hydrogen) atoms. The van der Waals surface area contributed by atoms with Crippen LogP contribution in [0, 0.1) is 6.92 Å². The van der Waals surface area contributed by atoms with Crippen molar-refractivity contribution in [2.24, 2.45) is 0 Å². The molecule has 0 aliphatic heterocycles. The summed E-state index contributed by atoms with van der Waals surface area (Å²) < 4.78 is 0. The average molecular weight is 304 g/mol. The summed E-state index contributed by atoms with van der Waals surface area (Å²) in [5.41, 5.74) is 2.50. The summed E-state index contributed by atoms with van der Waals surface area (Å²) in [4.78, 5) is 12.2. The quantitative estimate of drug-likeness (QED) is 0.892. The maximum atomic E-state index is 12.2. The Morgan fingerprint density at radius 3 is 2.57 bits per heavy atom. The highest BCUT2D eigenvalue weighted by Gasteiger charge is 2.14. The molecule has 2 aromatic rings. The minimum Gasteiger partial charge on any atom is -0.394 e. The van der Waals surface area contributed by atoms with Gasteiger partial charge in [0, 0.05) is 10.6 Å². The van der Waals surface area contributed by atoms with Gasteiger partial charge in [0.15, 0.2) is 0 Å². The summed E-state index contributed by atoms with van der Waals surface area (Å²) in [7, 11) is 0. The topological polar surface area (TPSA) is 49.3 Å². The van der Waals surface area contributed by atoms with Crippen LogP contribution < -0.4 is 5.32 Å². The zero-order valence-corrected chi connectivity index (χ0v) is 12.6. The third kappa shape index (κ3) is 4.59. The van der Waals surface area contributed by atoms with E-state index in [0.29, 0.717) is 17.0 Å². The highest BCUT2D eigenvalue weighted by atomic mass is 35.5. The molecule has 3 nitrogen and oxygen atoms in total. The van der Waals surface area contributed by atoms with Crippen molar-refractivity contribution in [1.29, 1.82) is 0 Å². The summed E-state index contributed by atoms with van der Waals surface area (Å²) >= 11 is 5.97. The number of aliphatic hydroxyl groups excluding tert-OH is 1. The lowest BCUT2D eigenvalue weighted by Crippen LogP contribution is -2.39. The van der Waals surface area contributed by atoms with Crippen LogP contribution >= 0.6 is 11.6 Å². The van der Waals surface area contributed by atoms with E-state index in [1.807, 2.05) is 37.3 Å². The number of aliphatic hydroxyl groups is 1. The molecule has 0 unspecified atom stereocenters. The highest BCUT2D eigenvalue weighted by molar-refractivity contribution is 6.31. The number of halogens is 1. The molecule has 0 fully saturated rings. The molecule has 1 amide bonds. The molecule has 0 saturated carbocycles. The second-order valence-corrected chi connectivity index (χ2v) is 5.50. The predicted molar refractivity (Wildman–Crippen MR) is 84.7 cm³/mol. The van der Waals surface area contributed by atoms with Crippen LogP contribution in [0.25, 0.3) is 0 Å². The first-order chi connectivity index (χ1) is 10.1. The van der Waals surface area contributed by atoms with Gasteiger partial charge in [-0.25, -0.2) is 0 Å². The number of aryl methyl sites for hydroxylation is 1. The van der Waals surface area contributed by atoms with Gasteiger partial charge in [0.05, 0.1) is 12.6 Å². The van der Waals surface area contributed by atoms with E-state index < -0.39 is 0 Å². The second-order valence-electron chi connectivity index (χ2n) is 5.06. The van der Waals surface area contributed by atoms with Crippen molar-refractivity contribution in [1.82, 2.24) is 5.32 Å². The van der Waals surface area contributed by atoms with Crippen molar-refractivity contribution in [3.05, 3.63) is 70.2 Å². The maximum Gasteiger partial charge on any atom is 0.251 e. The second kappa shape index (κ2) is 7.25. The molecule has 2 rings (SSSR count). The fourth-order valence-corrected chi connectivity index (χ4v) is 2.49. The normalized spacial score (nSPS) is 12.0. The molecule has 0 bridgehead atoms. The number of carbonyl (C=O) groups excluding carboxylic acids is 1. The Morgan fingerprint density at radius 1 is 1.24 bits per heavy atom. The Hall–Kier alpha value is -1.84. The Kier molecular flexibility index (Phi) is 5.37. The first kappa shape index (κ1) is 15.5. The van der Waals surface area contributed by atoms with E-state index in [2.05, 4.69) is 5.32 Å². The van der Waals surface area contributed by atoms with Gasteiger partial charge >= 0.3 is 0 Å². The summed E-state index contributed by atoms with van der Waals surface area (Å²) in [6, 6.07) is 14.6. The van der Waals surface area contributed by atoms with Gasteiger partial charge in [-0.2, -0.15) is 0 Å². The maximum absolute atomic E-state index is 12.2. The van der Waals surface area contributed by atoms with E-state index in [1.165, 1.54) is 0 Å². The van der Waals surface area contributed by atoms with E-state index in [1.54, 1.807) is 18.2 Å².